The van der Waals surface area contributed by atoms with Gasteiger partial charge in [-0.05, 0) is 30.0 Å². The minimum Gasteiger partial charge on any atom is -0.478 e. The summed E-state index contributed by atoms with van der Waals surface area (Å²) < 4.78 is 0. The maximum atomic E-state index is 10.4. The molecule has 0 amide bonds. The molecule has 0 atom stereocenters. The molecule has 21 heavy (non-hydrogen) atoms. The smallest absolute Gasteiger partial charge is 0.328 e. The standard InChI is InChI=1S/C16H15N3O2/c20-15(21)6-5-11-9-17-16(18-10-11)19-14-7-12-3-1-2-4-13(12)8-14/h1-6,9-10,14H,7-8H2,(H,20,21)(H,17,18,19)/b6-5+. The van der Waals surface area contributed by atoms with Gasteiger partial charge in [-0.1, -0.05) is 24.3 Å². The molecule has 0 spiro atoms. The first-order valence-corrected chi connectivity index (χ1v) is 6.77. The monoisotopic (exact) mass is 281 g/mol. The number of fused-ring (bicyclic) bond motifs is 1. The van der Waals surface area contributed by atoms with Crippen LogP contribution in [0.2, 0.25) is 0 Å². The number of carboxylic acids is 1. The molecule has 0 unspecified atom stereocenters. The van der Waals surface area contributed by atoms with Gasteiger partial charge in [-0.25, -0.2) is 14.8 Å². The van der Waals surface area contributed by atoms with E-state index in [0.717, 1.165) is 18.9 Å². The number of aromatic nitrogens is 2. The second-order valence-electron chi connectivity index (χ2n) is 5.03. The van der Waals surface area contributed by atoms with Crippen LogP contribution >= 0.6 is 0 Å². The molecule has 0 saturated heterocycles. The topological polar surface area (TPSA) is 75.1 Å². The Morgan fingerprint density at radius 2 is 1.81 bits per heavy atom. The molecule has 1 aliphatic carbocycles. The second-order valence-corrected chi connectivity index (χ2v) is 5.03. The molecule has 2 aromatic rings. The molecule has 1 heterocycles. The second kappa shape index (κ2) is 5.75. The Bertz CT molecular complexity index is 655. The third-order valence-electron chi connectivity index (χ3n) is 3.47. The molecule has 3 rings (SSSR count). The highest BCUT2D eigenvalue weighted by Crippen LogP contribution is 2.23. The first kappa shape index (κ1) is 13.3. The van der Waals surface area contributed by atoms with Gasteiger partial charge in [0.15, 0.2) is 0 Å². The van der Waals surface area contributed by atoms with E-state index in [-0.39, 0.29) is 0 Å². The van der Waals surface area contributed by atoms with E-state index in [2.05, 4.69) is 39.6 Å². The van der Waals surface area contributed by atoms with Gasteiger partial charge in [0.2, 0.25) is 5.95 Å². The molecular weight excluding hydrogens is 266 g/mol. The van der Waals surface area contributed by atoms with Gasteiger partial charge in [-0.3, -0.25) is 0 Å². The van der Waals surface area contributed by atoms with E-state index in [0.29, 0.717) is 17.6 Å². The van der Waals surface area contributed by atoms with Crippen molar-refractivity contribution in [2.45, 2.75) is 18.9 Å². The number of hydrogen-bond donors (Lipinski definition) is 2. The summed E-state index contributed by atoms with van der Waals surface area (Å²) in [4.78, 5) is 18.9. The Labute approximate surface area is 122 Å². The SMILES string of the molecule is O=C(O)/C=C/c1cnc(NC2Cc3ccccc3C2)nc1. The fraction of sp³-hybridized carbons (Fsp3) is 0.188. The van der Waals surface area contributed by atoms with Gasteiger partial charge in [0, 0.05) is 30.1 Å². The number of anilines is 1. The van der Waals surface area contributed by atoms with Crippen LogP contribution in [0.4, 0.5) is 5.95 Å². The summed E-state index contributed by atoms with van der Waals surface area (Å²) in [6.07, 6.45) is 7.70. The fourth-order valence-corrected chi connectivity index (χ4v) is 2.51. The lowest BCUT2D eigenvalue weighted by Gasteiger charge is -2.11. The Hall–Kier alpha value is -2.69. The zero-order valence-corrected chi connectivity index (χ0v) is 11.4. The van der Waals surface area contributed by atoms with E-state index >= 15 is 0 Å². The molecule has 5 nitrogen and oxygen atoms in total. The van der Waals surface area contributed by atoms with Crippen molar-refractivity contribution >= 4 is 18.0 Å². The average Bonchev–Trinajstić information content (AvgIpc) is 2.88. The van der Waals surface area contributed by atoms with Crippen LogP contribution in [0.1, 0.15) is 16.7 Å². The maximum absolute atomic E-state index is 10.4. The average molecular weight is 281 g/mol. The maximum Gasteiger partial charge on any atom is 0.328 e. The van der Waals surface area contributed by atoms with Gasteiger partial charge in [0.05, 0.1) is 0 Å². The molecule has 1 aliphatic rings. The summed E-state index contributed by atoms with van der Waals surface area (Å²) in [6, 6.07) is 8.72. The summed E-state index contributed by atoms with van der Waals surface area (Å²) in [6.45, 7) is 0. The number of carbonyl (C=O) groups is 1. The number of rotatable bonds is 4. The number of nitrogens with one attached hydrogen (secondary N) is 1. The van der Waals surface area contributed by atoms with Crippen molar-refractivity contribution in [2.75, 3.05) is 5.32 Å². The van der Waals surface area contributed by atoms with Crippen molar-refractivity contribution in [1.82, 2.24) is 9.97 Å². The fourth-order valence-electron chi connectivity index (χ4n) is 2.51. The molecule has 2 N–H and O–H groups in total. The molecule has 106 valence electrons. The van der Waals surface area contributed by atoms with Crippen molar-refractivity contribution in [3.8, 4) is 0 Å². The summed E-state index contributed by atoms with van der Waals surface area (Å²) in [5, 5.41) is 11.9. The number of nitrogens with zero attached hydrogens (tertiary/aromatic N) is 2. The predicted octanol–water partition coefficient (Wildman–Crippen LogP) is 2.15. The van der Waals surface area contributed by atoms with Crippen LogP contribution in [0.5, 0.6) is 0 Å². The molecule has 1 aromatic carbocycles. The first-order valence-electron chi connectivity index (χ1n) is 6.77. The quantitative estimate of drug-likeness (QED) is 0.840. The van der Waals surface area contributed by atoms with Crippen molar-refractivity contribution in [2.24, 2.45) is 0 Å². The van der Waals surface area contributed by atoms with Crippen LogP contribution < -0.4 is 5.32 Å². The van der Waals surface area contributed by atoms with Gasteiger partial charge >= 0.3 is 5.97 Å². The number of benzene rings is 1. The number of hydrogen-bond acceptors (Lipinski definition) is 4. The molecule has 0 aliphatic heterocycles. The van der Waals surface area contributed by atoms with Crippen LogP contribution in [0.25, 0.3) is 6.08 Å². The first-order chi connectivity index (χ1) is 10.2. The summed E-state index contributed by atoms with van der Waals surface area (Å²) in [7, 11) is 0. The number of carboxylic acid groups (broad SMARTS) is 1. The zero-order valence-electron chi connectivity index (χ0n) is 11.4. The minimum atomic E-state index is -0.985. The highest BCUT2D eigenvalue weighted by Gasteiger charge is 2.21. The van der Waals surface area contributed by atoms with Gasteiger partial charge in [-0.2, -0.15) is 0 Å². The lowest BCUT2D eigenvalue weighted by atomic mass is 10.1. The van der Waals surface area contributed by atoms with E-state index in [1.54, 1.807) is 12.4 Å². The molecule has 0 saturated carbocycles. The summed E-state index contributed by atoms with van der Waals surface area (Å²) in [5.41, 5.74) is 3.41. The van der Waals surface area contributed by atoms with Crippen LogP contribution in [-0.4, -0.2) is 27.1 Å². The van der Waals surface area contributed by atoms with Crippen molar-refractivity contribution < 1.29 is 9.90 Å². The van der Waals surface area contributed by atoms with Crippen LogP contribution in [0, 0.1) is 0 Å². The molecule has 0 radical (unpaired) electrons. The predicted molar refractivity (Wildman–Crippen MR) is 80.0 cm³/mol. The van der Waals surface area contributed by atoms with Crippen LogP contribution in [0.15, 0.2) is 42.7 Å². The Kier molecular flexibility index (Phi) is 3.64. The van der Waals surface area contributed by atoms with Crippen LogP contribution in [-0.2, 0) is 17.6 Å². The third-order valence-corrected chi connectivity index (χ3v) is 3.47. The molecule has 0 fully saturated rings. The van der Waals surface area contributed by atoms with Gasteiger partial charge in [0.1, 0.15) is 0 Å². The largest absolute Gasteiger partial charge is 0.478 e. The van der Waals surface area contributed by atoms with Gasteiger partial charge in [0.25, 0.3) is 0 Å². The van der Waals surface area contributed by atoms with Gasteiger partial charge < -0.3 is 10.4 Å². The van der Waals surface area contributed by atoms with E-state index in [9.17, 15) is 4.79 Å². The molecule has 5 heteroatoms. The molecule has 1 aromatic heterocycles. The third kappa shape index (κ3) is 3.25. The van der Waals surface area contributed by atoms with E-state index in [4.69, 9.17) is 5.11 Å². The number of aliphatic carboxylic acids is 1. The van der Waals surface area contributed by atoms with E-state index < -0.39 is 5.97 Å². The van der Waals surface area contributed by atoms with Crippen molar-refractivity contribution in [3.63, 3.8) is 0 Å². The highest BCUT2D eigenvalue weighted by atomic mass is 16.4. The van der Waals surface area contributed by atoms with Gasteiger partial charge in [-0.15, -0.1) is 0 Å². The van der Waals surface area contributed by atoms with Crippen LogP contribution in [0.3, 0.4) is 0 Å². The van der Waals surface area contributed by atoms with Crippen molar-refractivity contribution in [1.29, 1.82) is 0 Å². The van der Waals surface area contributed by atoms with Crippen molar-refractivity contribution in [3.05, 3.63) is 59.4 Å². The Morgan fingerprint density at radius 1 is 1.19 bits per heavy atom. The van der Waals surface area contributed by atoms with E-state index in [1.165, 1.54) is 17.2 Å². The zero-order chi connectivity index (χ0) is 14.7. The van der Waals surface area contributed by atoms with E-state index in [1.807, 2.05) is 0 Å². The molecule has 0 bridgehead atoms. The lowest BCUT2D eigenvalue weighted by Crippen LogP contribution is -2.20. The highest BCUT2D eigenvalue weighted by molar-refractivity contribution is 5.85. The Morgan fingerprint density at radius 3 is 2.38 bits per heavy atom. The normalized spacial score (nSPS) is 14.3. The minimum absolute atomic E-state index is 0.308. The Balaban J connectivity index is 1.63. The summed E-state index contributed by atoms with van der Waals surface area (Å²) >= 11 is 0. The summed E-state index contributed by atoms with van der Waals surface area (Å²) in [5.74, 6) is -0.416. The molecular formula is C16H15N3O2. The lowest BCUT2D eigenvalue weighted by molar-refractivity contribution is -0.131.